The lowest BCUT2D eigenvalue weighted by atomic mass is 9.73. The molecule has 0 saturated carbocycles. The summed E-state index contributed by atoms with van der Waals surface area (Å²) in [4.78, 5) is 7.68. The molecule has 2 atom stereocenters. The molecule has 4 nitrogen and oxygen atoms in total. The van der Waals surface area contributed by atoms with E-state index in [9.17, 15) is 5.26 Å². The average molecular weight is 386 g/mol. The molecule has 136 valence electrons. The first-order valence-corrected chi connectivity index (χ1v) is 10.9. The van der Waals surface area contributed by atoms with Gasteiger partial charge in [-0.1, -0.05) is 17.8 Å². The molecule has 26 heavy (non-hydrogen) atoms. The van der Waals surface area contributed by atoms with E-state index in [1.54, 1.807) is 18.9 Å². The molecule has 0 amide bonds. The average Bonchev–Trinajstić information content (AvgIpc) is 3.07. The van der Waals surface area contributed by atoms with Crippen molar-refractivity contribution in [1.82, 2.24) is 0 Å². The van der Waals surface area contributed by atoms with E-state index in [0.717, 1.165) is 50.0 Å². The van der Waals surface area contributed by atoms with E-state index in [4.69, 9.17) is 15.5 Å². The second-order valence-electron chi connectivity index (χ2n) is 7.24. The highest BCUT2D eigenvalue weighted by atomic mass is 32.2. The van der Waals surface area contributed by atoms with Crippen LogP contribution in [0.5, 0.6) is 0 Å². The molecule has 0 radical (unpaired) electrons. The van der Waals surface area contributed by atoms with E-state index in [1.165, 1.54) is 20.9 Å². The molecule has 0 aromatic carbocycles. The van der Waals surface area contributed by atoms with Gasteiger partial charge in [-0.05, 0) is 61.3 Å². The van der Waals surface area contributed by atoms with Crippen molar-refractivity contribution in [3.63, 3.8) is 0 Å². The van der Waals surface area contributed by atoms with Crippen LogP contribution in [0.15, 0.2) is 28.8 Å². The first-order valence-electron chi connectivity index (χ1n) is 9.05. The van der Waals surface area contributed by atoms with Gasteiger partial charge in [-0.25, -0.2) is 0 Å². The highest BCUT2D eigenvalue weighted by Crippen LogP contribution is 2.50. The third-order valence-electron chi connectivity index (χ3n) is 5.46. The van der Waals surface area contributed by atoms with E-state index in [0.29, 0.717) is 11.1 Å². The predicted octanol–water partition coefficient (Wildman–Crippen LogP) is 4.23. The lowest BCUT2D eigenvalue weighted by molar-refractivity contribution is 0.125. The van der Waals surface area contributed by atoms with Gasteiger partial charge in [0.25, 0.3) is 0 Å². The maximum Gasteiger partial charge on any atom is 0.154 e. The smallest absolute Gasteiger partial charge is 0.154 e. The molecule has 2 unspecified atom stereocenters. The van der Waals surface area contributed by atoms with Crippen LogP contribution in [0.3, 0.4) is 0 Å². The van der Waals surface area contributed by atoms with Crippen molar-refractivity contribution in [3.8, 4) is 6.07 Å². The van der Waals surface area contributed by atoms with Gasteiger partial charge in [0.15, 0.2) is 5.17 Å². The van der Waals surface area contributed by atoms with Crippen LogP contribution < -0.4 is 5.73 Å². The summed E-state index contributed by atoms with van der Waals surface area (Å²) in [6, 6.07) is 4.62. The summed E-state index contributed by atoms with van der Waals surface area (Å²) in [5.74, 6) is 1.50. The van der Waals surface area contributed by atoms with Gasteiger partial charge in [-0.15, -0.1) is 11.3 Å². The third kappa shape index (κ3) is 3.24. The van der Waals surface area contributed by atoms with E-state index in [-0.39, 0.29) is 5.54 Å². The second-order valence-corrected chi connectivity index (χ2v) is 9.49. The van der Waals surface area contributed by atoms with E-state index < -0.39 is 0 Å². The van der Waals surface area contributed by atoms with Gasteiger partial charge in [0.1, 0.15) is 0 Å². The summed E-state index contributed by atoms with van der Waals surface area (Å²) in [7, 11) is 1.78. The minimum absolute atomic E-state index is 0.190. The van der Waals surface area contributed by atoms with Crippen molar-refractivity contribution in [2.24, 2.45) is 16.6 Å². The standard InChI is InChI=1S/C20H23N3OS2/c1-24-12-14-8-18-16(20(10-14)5-6-25-19(22)23-20)9-17(26-18)15-4-2-3-13(7-15)11-21/h3,7,9,14H,2,4-6,8,10,12H2,1H3,(H2,22,23). The lowest BCUT2D eigenvalue weighted by Crippen LogP contribution is -2.38. The number of hydrogen-bond acceptors (Lipinski definition) is 6. The highest BCUT2D eigenvalue weighted by Gasteiger charge is 2.43. The fourth-order valence-electron chi connectivity index (χ4n) is 4.35. The monoisotopic (exact) mass is 385 g/mol. The maximum absolute atomic E-state index is 9.23. The van der Waals surface area contributed by atoms with Crippen molar-refractivity contribution in [2.75, 3.05) is 19.5 Å². The Balaban J connectivity index is 1.77. The van der Waals surface area contributed by atoms with Gasteiger partial charge >= 0.3 is 0 Å². The van der Waals surface area contributed by atoms with Crippen LogP contribution in [0, 0.1) is 17.2 Å². The molecule has 2 aliphatic carbocycles. The van der Waals surface area contributed by atoms with E-state index >= 15 is 0 Å². The minimum atomic E-state index is -0.190. The van der Waals surface area contributed by atoms with Gasteiger partial charge in [-0.3, -0.25) is 4.99 Å². The number of thioether (sulfide) groups is 1. The van der Waals surface area contributed by atoms with Crippen LogP contribution in [-0.4, -0.2) is 24.6 Å². The molecular formula is C20H23N3OS2. The maximum atomic E-state index is 9.23. The van der Waals surface area contributed by atoms with Crippen molar-refractivity contribution < 1.29 is 4.74 Å². The van der Waals surface area contributed by atoms with Crippen LogP contribution in [-0.2, 0) is 16.7 Å². The molecule has 1 aromatic heterocycles. The summed E-state index contributed by atoms with van der Waals surface area (Å²) in [5, 5.41) is 9.94. The van der Waals surface area contributed by atoms with Gasteiger partial charge in [-0.2, -0.15) is 5.26 Å². The summed E-state index contributed by atoms with van der Waals surface area (Å²) >= 11 is 3.53. The molecule has 1 aromatic rings. The van der Waals surface area contributed by atoms with Crippen LogP contribution >= 0.6 is 23.1 Å². The Morgan fingerprint density at radius 3 is 3.15 bits per heavy atom. The fraction of sp³-hybridized carbons (Fsp3) is 0.500. The minimum Gasteiger partial charge on any atom is -0.384 e. The van der Waals surface area contributed by atoms with Crippen molar-refractivity contribution in [1.29, 1.82) is 5.26 Å². The number of nitrogens with zero attached hydrogens (tertiary/aromatic N) is 2. The Bertz CT molecular complexity index is 846. The zero-order chi connectivity index (χ0) is 18.1. The predicted molar refractivity (Wildman–Crippen MR) is 109 cm³/mol. The first-order chi connectivity index (χ1) is 12.6. The molecule has 2 heterocycles. The number of amidine groups is 1. The Hall–Kier alpha value is -1.55. The molecular weight excluding hydrogens is 362 g/mol. The number of hydrogen-bond donors (Lipinski definition) is 1. The number of allylic oxidation sites excluding steroid dienone is 4. The Kier molecular flexibility index (Phi) is 4.96. The molecule has 1 spiro atoms. The number of nitriles is 1. The van der Waals surface area contributed by atoms with Gasteiger partial charge < -0.3 is 10.5 Å². The van der Waals surface area contributed by atoms with Crippen molar-refractivity contribution in [3.05, 3.63) is 39.1 Å². The number of nitrogens with two attached hydrogens (primary N) is 1. The quantitative estimate of drug-likeness (QED) is 0.845. The summed E-state index contributed by atoms with van der Waals surface area (Å²) in [6.07, 6.45) is 9.10. The van der Waals surface area contributed by atoms with Gasteiger partial charge in [0.05, 0.1) is 11.6 Å². The lowest BCUT2D eigenvalue weighted by Gasteiger charge is -2.40. The topological polar surface area (TPSA) is 71.4 Å². The molecule has 2 N–H and O–H groups in total. The second kappa shape index (κ2) is 7.22. The number of methoxy groups -OCH3 is 1. The SMILES string of the molecule is COCC1Cc2sc(C3=CC(C#N)=CCC3)cc2C2(CCSC(N)=N2)C1. The number of rotatable bonds is 3. The van der Waals surface area contributed by atoms with Crippen molar-refractivity contribution >= 4 is 33.8 Å². The molecule has 0 bridgehead atoms. The largest absolute Gasteiger partial charge is 0.384 e. The number of fused-ring (bicyclic) bond motifs is 2. The molecule has 6 heteroatoms. The normalized spacial score (nSPS) is 28.0. The Morgan fingerprint density at radius 1 is 1.50 bits per heavy atom. The summed E-state index contributed by atoms with van der Waals surface area (Å²) in [6.45, 7) is 0.765. The van der Waals surface area contributed by atoms with E-state index in [1.807, 2.05) is 17.4 Å². The van der Waals surface area contributed by atoms with Gasteiger partial charge in [0, 0.05) is 34.8 Å². The fourth-order valence-corrected chi connectivity index (χ4v) is 6.65. The first kappa shape index (κ1) is 17.8. The molecule has 3 aliphatic rings. The Labute approximate surface area is 162 Å². The molecule has 1 aliphatic heterocycles. The van der Waals surface area contributed by atoms with Gasteiger partial charge in [0.2, 0.25) is 0 Å². The number of aliphatic imine (C=N–C) groups is 1. The van der Waals surface area contributed by atoms with Crippen LogP contribution in [0.1, 0.15) is 41.0 Å². The van der Waals surface area contributed by atoms with Crippen LogP contribution in [0.4, 0.5) is 0 Å². The molecule has 0 fully saturated rings. The zero-order valence-electron chi connectivity index (χ0n) is 15.0. The summed E-state index contributed by atoms with van der Waals surface area (Å²) in [5.41, 5.74) is 9.37. The third-order valence-corrected chi connectivity index (χ3v) is 7.48. The number of ether oxygens (including phenoxy) is 1. The highest BCUT2D eigenvalue weighted by molar-refractivity contribution is 8.13. The molecule has 0 saturated heterocycles. The van der Waals surface area contributed by atoms with Crippen LogP contribution in [0.2, 0.25) is 0 Å². The zero-order valence-corrected chi connectivity index (χ0v) is 16.6. The summed E-state index contributed by atoms with van der Waals surface area (Å²) < 4.78 is 5.47. The molecule has 4 rings (SSSR count). The number of thiophene rings is 1. The van der Waals surface area contributed by atoms with Crippen LogP contribution in [0.25, 0.3) is 5.57 Å². The van der Waals surface area contributed by atoms with Crippen molar-refractivity contribution in [2.45, 2.75) is 37.6 Å². The Morgan fingerprint density at radius 2 is 2.38 bits per heavy atom. The van der Waals surface area contributed by atoms with E-state index in [2.05, 4.69) is 18.2 Å².